The molecule has 0 saturated carbocycles. The summed E-state index contributed by atoms with van der Waals surface area (Å²) in [5.41, 5.74) is 9.29. The van der Waals surface area contributed by atoms with Crippen LogP contribution in [0.2, 0.25) is 0 Å². The van der Waals surface area contributed by atoms with E-state index in [4.69, 9.17) is 11.1 Å². The molecule has 0 bridgehead atoms. The van der Waals surface area contributed by atoms with Gasteiger partial charge < -0.3 is 20.6 Å². The fourth-order valence-electron chi connectivity index (χ4n) is 2.83. The lowest BCUT2D eigenvalue weighted by Crippen LogP contribution is -2.29. The average molecular weight is 367 g/mol. The summed E-state index contributed by atoms with van der Waals surface area (Å²) in [6.45, 7) is 7.08. The van der Waals surface area contributed by atoms with Crippen molar-refractivity contribution in [3.63, 3.8) is 0 Å². The minimum Gasteiger partial charge on any atom is -0.384 e. The number of carbonyl (C=O) groups is 1. The number of H-pyrrole nitrogens is 1. The number of hydrogen-bond acceptors (Lipinski definition) is 4. The van der Waals surface area contributed by atoms with Crippen LogP contribution in [0.1, 0.15) is 31.5 Å². The van der Waals surface area contributed by atoms with Crippen LogP contribution in [-0.4, -0.2) is 37.8 Å². The van der Waals surface area contributed by atoms with Crippen molar-refractivity contribution in [3.8, 4) is 11.5 Å². The number of aromatic amines is 1. The topological polar surface area (TPSA) is 125 Å². The highest BCUT2D eigenvalue weighted by molar-refractivity contribution is 5.98. The van der Waals surface area contributed by atoms with Crippen molar-refractivity contribution in [2.24, 2.45) is 11.7 Å². The first-order valence-corrected chi connectivity index (χ1v) is 8.98. The van der Waals surface area contributed by atoms with E-state index in [1.807, 2.05) is 17.6 Å². The molecule has 0 saturated heterocycles. The van der Waals surface area contributed by atoms with E-state index in [0.717, 1.165) is 23.1 Å². The van der Waals surface area contributed by atoms with Gasteiger partial charge >= 0.3 is 0 Å². The molecule has 8 heteroatoms. The Morgan fingerprint density at radius 1 is 1.41 bits per heavy atom. The fourth-order valence-corrected chi connectivity index (χ4v) is 2.83. The molecule has 0 fully saturated rings. The molecule has 0 spiro atoms. The Labute approximate surface area is 157 Å². The molecule has 3 rings (SSSR count). The fraction of sp³-hybridized carbons (Fsp3) is 0.368. The summed E-state index contributed by atoms with van der Waals surface area (Å²) in [6.07, 6.45) is 2.61. The quantitative estimate of drug-likeness (QED) is 0.377. The second-order valence-corrected chi connectivity index (χ2v) is 7.07. The zero-order chi connectivity index (χ0) is 19.6. The normalized spacial score (nSPS) is 11.3. The number of carbonyl (C=O) groups excluding carboxylic acids is 1. The van der Waals surface area contributed by atoms with Crippen LogP contribution in [0.15, 0.2) is 24.5 Å². The molecule has 27 heavy (non-hydrogen) atoms. The molecule has 0 aliphatic rings. The van der Waals surface area contributed by atoms with Gasteiger partial charge in [-0.25, -0.2) is 9.97 Å². The van der Waals surface area contributed by atoms with Gasteiger partial charge in [0.2, 0.25) is 5.91 Å². The first-order chi connectivity index (χ1) is 12.8. The lowest BCUT2D eigenvalue weighted by molar-refractivity contribution is -0.121. The summed E-state index contributed by atoms with van der Waals surface area (Å²) < 4.78 is 1.81. The highest BCUT2D eigenvalue weighted by Gasteiger charge is 2.15. The van der Waals surface area contributed by atoms with Gasteiger partial charge in [0, 0.05) is 17.8 Å². The Bertz CT molecular complexity index is 983. The molecule has 2 heterocycles. The molecule has 3 aromatic rings. The number of nitrogens with zero attached hydrogens (tertiary/aromatic N) is 3. The van der Waals surface area contributed by atoms with Gasteiger partial charge in [-0.2, -0.15) is 0 Å². The SMILES string of the molecule is Cc1c(-c2nc3cc(C(=N)N)ccc3[nH]2)ncn1CC(=O)NCCC(C)C. The highest BCUT2D eigenvalue weighted by Crippen LogP contribution is 2.23. The minimum absolute atomic E-state index is 0.00499. The average Bonchev–Trinajstić information content (AvgIpc) is 3.17. The van der Waals surface area contributed by atoms with Crippen LogP contribution in [0, 0.1) is 18.3 Å². The molecule has 142 valence electrons. The lowest BCUT2D eigenvalue weighted by Gasteiger charge is -2.08. The van der Waals surface area contributed by atoms with Crippen LogP contribution in [0.25, 0.3) is 22.6 Å². The Morgan fingerprint density at radius 3 is 2.89 bits per heavy atom. The lowest BCUT2D eigenvalue weighted by atomic mass is 10.1. The molecule has 1 aromatic carbocycles. The predicted octanol–water partition coefficient (Wildman–Crippen LogP) is 2.18. The minimum atomic E-state index is -0.0293. The number of benzene rings is 1. The summed E-state index contributed by atoms with van der Waals surface area (Å²) in [4.78, 5) is 24.3. The van der Waals surface area contributed by atoms with E-state index in [9.17, 15) is 4.79 Å². The first kappa shape index (κ1) is 18.6. The van der Waals surface area contributed by atoms with Gasteiger partial charge in [0.1, 0.15) is 18.1 Å². The van der Waals surface area contributed by atoms with E-state index < -0.39 is 0 Å². The number of nitrogen functional groups attached to an aromatic ring is 1. The third-order valence-corrected chi connectivity index (χ3v) is 4.48. The number of amides is 1. The first-order valence-electron chi connectivity index (χ1n) is 8.98. The zero-order valence-corrected chi connectivity index (χ0v) is 15.8. The second-order valence-electron chi connectivity index (χ2n) is 7.07. The molecule has 0 aliphatic carbocycles. The van der Waals surface area contributed by atoms with Crippen LogP contribution >= 0.6 is 0 Å². The summed E-state index contributed by atoms with van der Waals surface area (Å²) in [5.74, 6) is 1.16. The molecule has 0 unspecified atom stereocenters. The van der Waals surface area contributed by atoms with Crippen LogP contribution in [0.5, 0.6) is 0 Å². The van der Waals surface area contributed by atoms with Crippen molar-refractivity contribution < 1.29 is 4.79 Å². The van der Waals surface area contributed by atoms with Crippen LogP contribution in [-0.2, 0) is 11.3 Å². The Hall–Kier alpha value is -3.16. The zero-order valence-electron chi connectivity index (χ0n) is 15.8. The van der Waals surface area contributed by atoms with Gasteiger partial charge in [-0.1, -0.05) is 13.8 Å². The van der Waals surface area contributed by atoms with E-state index in [2.05, 4.69) is 34.1 Å². The van der Waals surface area contributed by atoms with Crippen LogP contribution in [0.3, 0.4) is 0 Å². The van der Waals surface area contributed by atoms with E-state index in [1.165, 1.54) is 0 Å². The molecule has 0 radical (unpaired) electrons. The van der Waals surface area contributed by atoms with E-state index in [0.29, 0.717) is 29.5 Å². The predicted molar refractivity (Wildman–Crippen MR) is 106 cm³/mol. The number of hydrogen-bond donors (Lipinski definition) is 4. The maximum Gasteiger partial charge on any atom is 0.239 e. The van der Waals surface area contributed by atoms with Gasteiger partial charge in [0.25, 0.3) is 0 Å². The van der Waals surface area contributed by atoms with Crippen molar-refractivity contribution in [2.75, 3.05) is 6.54 Å². The summed E-state index contributed by atoms with van der Waals surface area (Å²) >= 11 is 0. The number of fused-ring (bicyclic) bond motifs is 1. The Kier molecular flexibility index (Phi) is 5.25. The molecule has 5 N–H and O–H groups in total. The third-order valence-electron chi connectivity index (χ3n) is 4.48. The molecule has 2 aromatic heterocycles. The standard InChI is InChI=1S/C19H25N7O/c1-11(2)6-7-22-16(27)9-26-10-23-17(12(26)3)19-24-14-5-4-13(18(20)21)8-15(14)25-19/h4-5,8,10-11H,6-7,9H2,1-3H3,(H3,20,21)(H,22,27)(H,24,25). The van der Waals surface area contributed by atoms with Gasteiger partial charge in [0.15, 0.2) is 5.82 Å². The van der Waals surface area contributed by atoms with Crippen molar-refractivity contribution in [3.05, 3.63) is 35.8 Å². The van der Waals surface area contributed by atoms with Crippen molar-refractivity contribution in [1.82, 2.24) is 24.8 Å². The molecular formula is C19H25N7O. The maximum atomic E-state index is 12.1. The monoisotopic (exact) mass is 367 g/mol. The van der Waals surface area contributed by atoms with E-state index in [-0.39, 0.29) is 18.3 Å². The number of rotatable bonds is 7. The maximum absolute atomic E-state index is 12.1. The molecule has 8 nitrogen and oxygen atoms in total. The number of nitrogens with one attached hydrogen (secondary N) is 3. The number of amidine groups is 1. The van der Waals surface area contributed by atoms with Crippen LogP contribution in [0.4, 0.5) is 0 Å². The molecular weight excluding hydrogens is 342 g/mol. The highest BCUT2D eigenvalue weighted by atomic mass is 16.1. The van der Waals surface area contributed by atoms with Crippen molar-refractivity contribution in [1.29, 1.82) is 5.41 Å². The second kappa shape index (κ2) is 7.61. The molecule has 1 amide bonds. The third kappa shape index (κ3) is 4.16. The van der Waals surface area contributed by atoms with Gasteiger partial charge in [-0.15, -0.1) is 0 Å². The number of aromatic nitrogens is 4. The van der Waals surface area contributed by atoms with Gasteiger partial charge in [-0.3, -0.25) is 10.2 Å². The van der Waals surface area contributed by atoms with E-state index >= 15 is 0 Å². The number of nitrogens with two attached hydrogens (primary N) is 1. The van der Waals surface area contributed by atoms with Crippen molar-refractivity contribution >= 4 is 22.8 Å². The van der Waals surface area contributed by atoms with Gasteiger partial charge in [0.05, 0.1) is 17.4 Å². The Morgan fingerprint density at radius 2 is 2.19 bits per heavy atom. The molecule has 0 aliphatic heterocycles. The largest absolute Gasteiger partial charge is 0.384 e. The van der Waals surface area contributed by atoms with E-state index in [1.54, 1.807) is 18.5 Å². The van der Waals surface area contributed by atoms with Crippen LogP contribution < -0.4 is 11.1 Å². The van der Waals surface area contributed by atoms with Crippen molar-refractivity contribution in [2.45, 2.75) is 33.7 Å². The van der Waals surface area contributed by atoms with Gasteiger partial charge in [-0.05, 0) is 37.5 Å². The Balaban J connectivity index is 1.77. The molecule has 0 atom stereocenters. The number of imidazole rings is 2. The smallest absolute Gasteiger partial charge is 0.239 e. The summed E-state index contributed by atoms with van der Waals surface area (Å²) in [7, 11) is 0. The summed E-state index contributed by atoms with van der Waals surface area (Å²) in [5, 5.41) is 10.5. The summed E-state index contributed by atoms with van der Waals surface area (Å²) in [6, 6.07) is 5.39.